The first-order valence-corrected chi connectivity index (χ1v) is 6.37. The molecule has 0 aliphatic rings. The van der Waals surface area contributed by atoms with Crippen molar-refractivity contribution >= 4 is 0 Å². The number of nitrogens with zero attached hydrogens (tertiary/aromatic N) is 2. The van der Waals surface area contributed by atoms with E-state index >= 15 is 0 Å². The summed E-state index contributed by atoms with van der Waals surface area (Å²) in [6.07, 6.45) is 8.68. The molecule has 2 rings (SSSR count). The van der Waals surface area contributed by atoms with E-state index in [2.05, 4.69) is 35.2 Å². The van der Waals surface area contributed by atoms with Crippen molar-refractivity contribution in [2.24, 2.45) is 0 Å². The molecule has 18 heavy (non-hydrogen) atoms. The van der Waals surface area contributed by atoms with Gasteiger partial charge < -0.3 is 5.32 Å². The van der Waals surface area contributed by atoms with E-state index in [9.17, 15) is 0 Å². The Labute approximate surface area is 108 Å². The molecule has 3 heteroatoms. The van der Waals surface area contributed by atoms with E-state index in [-0.39, 0.29) is 0 Å². The third-order valence-corrected chi connectivity index (χ3v) is 2.90. The first kappa shape index (κ1) is 12.7. The van der Waals surface area contributed by atoms with Crippen LogP contribution in [0.2, 0.25) is 0 Å². The van der Waals surface area contributed by atoms with E-state index in [4.69, 9.17) is 0 Å². The summed E-state index contributed by atoms with van der Waals surface area (Å²) in [5, 5.41) is 3.39. The van der Waals surface area contributed by atoms with Crippen molar-refractivity contribution in [3.05, 3.63) is 48.0 Å². The fourth-order valence-electron chi connectivity index (χ4n) is 1.91. The number of rotatable bonds is 5. The molecule has 0 saturated heterocycles. The van der Waals surface area contributed by atoms with Crippen molar-refractivity contribution in [2.45, 2.75) is 26.8 Å². The Bertz CT molecular complexity index is 509. The minimum atomic E-state index is 0.869. The molecule has 0 amide bonds. The van der Waals surface area contributed by atoms with Crippen molar-refractivity contribution in [3.8, 4) is 11.1 Å². The molecule has 0 unspecified atom stereocenters. The Morgan fingerprint density at radius 1 is 1.17 bits per heavy atom. The van der Waals surface area contributed by atoms with Gasteiger partial charge in [-0.2, -0.15) is 0 Å². The van der Waals surface area contributed by atoms with Crippen LogP contribution < -0.4 is 5.32 Å². The SMILES string of the molecule is CCCNCc1cncc(-c2cnccc2C)c1. The Morgan fingerprint density at radius 3 is 2.83 bits per heavy atom. The first-order valence-electron chi connectivity index (χ1n) is 6.37. The van der Waals surface area contributed by atoms with E-state index in [1.54, 1.807) is 0 Å². The third kappa shape index (κ3) is 3.14. The summed E-state index contributed by atoms with van der Waals surface area (Å²) < 4.78 is 0. The summed E-state index contributed by atoms with van der Waals surface area (Å²) in [7, 11) is 0. The van der Waals surface area contributed by atoms with Crippen LogP contribution >= 0.6 is 0 Å². The molecule has 3 nitrogen and oxygen atoms in total. The molecular weight excluding hydrogens is 222 g/mol. The second kappa shape index (κ2) is 6.26. The molecule has 0 aliphatic heterocycles. The van der Waals surface area contributed by atoms with Crippen LogP contribution in [0.5, 0.6) is 0 Å². The number of pyridine rings is 2. The lowest BCUT2D eigenvalue weighted by atomic mass is 10.0. The van der Waals surface area contributed by atoms with E-state index in [0.717, 1.165) is 30.6 Å². The maximum Gasteiger partial charge on any atom is 0.0349 e. The van der Waals surface area contributed by atoms with Crippen molar-refractivity contribution < 1.29 is 0 Å². The average Bonchev–Trinajstić information content (AvgIpc) is 2.40. The molecule has 1 N–H and O–H groups in total. The highest BCUT2D eigenvalue weighted by atomic mass is 14.8. The summed E-state index contributed by atoms with van der Waals surface area (Å²) in [6.45, 7) is 6.17. The van der Waals surface area contributed by atoms with Crippen LogP contribution in [0.25, 0.3) is 11.1 Å². The highest BCUT2D eigenvalue weighted by Gasteiger charge is 2.03. The lowest BCUT2D eigenvalue weighted by molar-refractivity contribution is 0.674. The summed E-state index contributed by atoms with van der Waals surface area (Å²) in [5.74, 6) is 0. The molecule has 0 spiro atoms. The van der Waals surface area contributed by atoms with Crippen LogP contribution in [-0.4, -0.2) is 16.5 Å². The fraction of sp³-hybridized carbons (Fsp3) is 0.333. The minimum Gasteiger partial charge on any atom is -0.313 e. The van der Waals surface area contributed by atoms with E-state index in [1.807, 2.05) is 30.9 Å². The topological polar surface area (TPSA) is 37.8 Å². The number of aryl methyl sites for hydroxylation is 1. The largest absolute Gasteiger partial charge is 0.313 e. The lowest BCUT2D eigenvalue weighted by Gasteiger charge is -2.07. The average molecular weight is 241 g/mol. The smallest absolute Gasteiger partial charge is 0.0349 e. The van der Waals surface area contributed by atoms with Gasteiger partial charge in [0.05, 0.1) is 0 Å². The second-order valence-electron chi connectivity index (χ2n) is 4.45. The standard InChI is InChI=1S/C15H19N3/c1-3-5-16-8-13-7-14(10-18-9-13)15-11-17-6-4-12(15)2/h4,6-7,9-11,16H,3,5,8H2,1-2H3. The van der Waals surface area contributed by atoms with Crippen LogP contribution in [0.1, 0.15) is 24.5 Å². The maximum absolute atomic E-state index is 4.31. The zero-order chi connectivity index (χ0) is 12.8. The highest BCUT2D eigenvalue weighted by molar-refractivity contribution is 5.65. The van der Waals surface area contributed by atoms with Gasteiger partial charge in [0, 0.05) is 42.5 Å². The van der Waals surface area contributed by atoms with Gasteiger partial charge in [-0.1, -0.05) is 6.92 Å². The molecule has 0 saturated carbocycles. The van der Waals surface area contributed by atoms with E-state index in [0.29, 0.717) is 0 Å². The Kier molecular flexibility index (Phi) is 4.42. The quantitative estimate of drug-likeness (QED) is 0.818. The maximum atomic E-state index is 4.31. The van der Waals surface area contributed by atoms with Crippen LogP contribution in [-0.2, 0) is 6.54 Å². The fourth-order valence-corrected chi connectivity index (χ4v) is 1.91. The summed E-state index contributed by atoms with van der Waals surface area (Å²) in [6, 6.07) is 4.21. The number of nitrogens with one attached hydrogen (secondary N) is 1. The van der Waals surface area contributed by atoms with Gasteiger partial charge in [-0.3, -0.25) is 9.97 Å². The zero-order valence-electron chi connectivity index (χ0n) is 11.0. The van der Waals surface area contributed by atoms with Crippen molar-refractivity contribution in [2.75, 3.05) is 6.54 Å². The van der Waals surface area contributed by atoms with E-state index in [1.165, 1.54) is 11.1 Å². The molecular formula is C15H19N3. The van der Waals surface area contributed by atoms with E-state index < -0.39 is 0 Å². The van der Waals surface area contributed by atoms with Gasteiger partial charge in [-0.25, -0.2) is 0 Å². The Morgan fingerprint density at radius 2 is 2.06 bits per heavy atom. The van der Waals surface area contributed by atoms with Crippen LogP contribution in [0.4, 0.5) is 0 Å². The number of hydrogen-bond acceptors (Lipinski definition) is 3. The molecule has 94 valence electrons. The number of aromatic nitrogens is 2. The molecule has 0 aromatic carbocycles. The molecule has 2 heterocycles. The molecule has 0 radical (unpaired) electrons. The predicted octanol–water partition coefficient (Wildman–Crippen LogP) is 2.95. The molecule has 0 aliphatic carbocycles. The van der Waals surface area contributed by atoms with Gasteiger partial charge in [0.1, 0.15) is 0 Å². The van der Waals surface area contributed by atoms with Gasteiger partial charge >= 0.3 is 0 Å². The first-order chi connectivity index (χ1) is 8.81. The van der Waals surface area contributed by atoms with Crippen LogP contribution in [0.15, 0.2) is 36.9 Å². The Hall–Kier alpha value is -1.74. The molecule has 0 atom stereocenters. The Balaban J connectivity index is 2.19. The lowest BCUT2D eigenvalue weighted by Crippen LogP contribution is -2.13. The summed E-state index contributed by atoms with van der Waals surface area (Å²) in [4.78, 5) is 8.50. The van der Waals surface area contributed by atoms with Crippen LogP contribution in [0, 0.1) is 6.92 Å². The van der Waals surface area contributed by atoms with Gasteiger partial charge in [0.25, 0.3) is 0 Å². The predicted molar refractivity (Wildman–Crippen MR) is 74.2 cm³/mol. The minimum absolute atomic E-state index is 0.869. The zero-order valence-corrected chi connectivity index (χ0v) is 11.0. The molecule has 0 fully saturated rings. The highest BCUT2D eigenvalue weighted by Crippen LogP contribution is 2.21. The van der Waals surface area contributed by atoms with Crippen molar-refractivity contribution in [1.29, 1.82) is 0 Å². The third-order valence-electron chi connectivity index (χ3n) is 2.90. The van der Waals surface area contributed by atoms with Crippen molar-refractivity contribution in [3.63, 3.8) is 0 Å². The van der Waals surface area contributed by atoms with Crippen LogP contribution in [0.3, 0.4) is 0 Å². The molecule has 2 aromatic rings. The van der Waals surface area contributed by atoms with Gasteiger partial charge in [0.2, 0.25) is 0 Å². The second-order valence-corrected chi connectivity index (χ2v) is 4.45. The van der Waals surface area contributed by atoms with Gasteiger partial charge in [0.15, 0.2) is 0 Å². The normalized spacial score (nSPS) is 10.6. The number of hydrogen-bond donors (Lipinski definition) is 1. The van der Waals surface area contributed by atoms with Crippen molar-refractivity contribution in [1.82, 2.24) is 15.3 Å². The molecule has 2 aromatic heterocycles. The molecule has 0 bridgehead atoms. The summed E-state index contributed by atoms with van der Waals surface area (Å²) >= 11 is 0. The van der Waals surface area contributed by atoms with Gasteiger partial charge in [-0.05, 0) is 43.1 Å². The summed E-state index contributed by atoms with van der Waals surface area (Å²) in [5.41, 5.74) is 4.73. The monoisotopic (exact) mass is 241 g/mol. The van der Waals surface area contributed by atoms with Gasteiger partial charge in [-0.15, -0.1) is 0 Å².